The summed E-state index contributed by atoms with van der Waals surface area (Å²) >= 11 is 1.58. The Bertz CT molecular complexity index is 1150. The van der Waals surface area contributed by atoms with Crippen LogP contribution >= 0.6 is 11.8 Å². The predicted octanol–water partition coefficient (Wildman–Crippen LogP) is 6.27. The van der Waals surface area contributed by atoms with E-state index in [9.17, 15) is 14.4 Å². The molecule has 220 valence electrons. The second-order valence-electron chi connectivity index (χ2n) is 11.8. The van der Waals surface area contributed by atoms with Gasteiger partial charge in [0.2, 0.25) is 5.91 Å². The van der Waals surface area contributed by atoms with Crippen molar-refractivity contribution in [3.8, 4) is 5.75 Å². The number of carbonyl (C=O) groups is 3. The normalized spacial score (nSPS) is 13.2. The second kappa shape index (κ2) is 13.9. The number of nitrogens with one attached hydrogen (secondary N) is 2. The Morgan fingerprint density at radius 2 is 1.52 bits per heavy atom. The van der Waals surface area contributed by atoms with Crippen molar-refractivity contribution in [2.24, 2.45) is 0 Å². The molecular formula is C31H45N3O5S. The van der Waals surface area contributed by atoms with Gasteiger partial charge in [-0.2, -0.15) is 11.8 Å². The van der Waals surface area contributed by atoms with Gasteiger partial charge in [-0.15, -0.1) is 0 Å². The van der Waals surface area contributed by atoms with E-state index in [0.717, 1.165) is 16.7 Å². The van der Waals surface area contributed by atoms with Gasteiger partial charge in [-0.25, -0.2) is 4.79 Å². The van der Waals surface area contributed by atoms with E-state index >= 15 is 0 Å². The molecular weight excluding hydrogens is 526 g/mol. The summed E-state index contributed by atoms with van der Waals surface area (Å²) in [4.78, 5) is 43.0. The zero-order valence-corrected chi connectivity index (χ0v) is 26.3. The summed E-state index contributed by atoms with van der Waals surface area (Å²) in [5.74, 6) is 0.591. The van der Waals surface area contributed by atoms with Gasteiger partial charge in [0.05, 0.1) is 7.11 Å². The lowest BCUT2D eigenvalue weighted by Crippen LogP contribution is -2.58. The van der Waals surface area contributed by atoms with Crippen LogP contribution in [0.3, 0.4) is 0 Å². The van der Waals surface area contributed by atoms with Crippen molar-refractivity contribution in [3.63, 3.8) is 0 Å². The van der Waals surface area contributed by atoms with Gasteiger partial charge in [-0.05, 0) is 115 Å². The summed E-state index contributed by atoms with van der Waals surface area (Å²) in [6.45, 7) is 14.9. The molecule has 8 nitrogen and oxygen atoms in total. The Kier molecular flexibility index (Phi) is 11.5. The number of aryl methyl sites for hydroxylation is 2. The average Bonchev–Trinajstić information content (AvgIpc) is 2.84. The third-order valence-corrected chi connectivity index (χ3v) is 6.88. The zero-order chi connectivity index (χ0) is 30.3. The van der Waals surface area contributed by atoms with Gasteiger partial charge in [-0.3, -0.25) is 9.59 Å². The molecule has 0 fully saturated rings. The number of hydrogen-bond donors (Lipinski definition) is 2. The van der Waals surface area contributed by atoms with Crippen LogP contribution in [0.25, 0.3) is 0 Å². The fraction of sp³-hybridized carbons (Fsp3) is 0.516. The molecule has 0 aliphatic carbocycles. The van der Waals surface area contributed by atoms with Crippen molar-refractivity contribution in [3.05, 3.63) is 59.2 Å². The Morgan fingerprint density at radius 1 is 0.950 bits per heavy atom. The largest absolute Gasteiger partial charge is 0.497 e. The highest BCUT2D eigenvalue weighted by Crippen LogP contribution is 2.35. The molecule has 2 aromatic carbocycles. The van der Waals surface area contributed by atoms with Crippen molar-refractivity contribution in [2.75, 3.05) is 24.4 Å². The number of alkyl carbamates (subject to hydrolysis) is 1. The first-order chi connectivity index (χ1) is 18.6. The van der Waals surface area contributed by atoms with Crippen LogP contribution in [0.1, 0.15) is 70.7 Å². The number of benzene rings is 2. The number of thioether (sulfide) groups is 1. The second-order valence-corrected chi connectivity index (χ2v) is 12.8. The maximum absolute atomic E-state index is 14.4. The van der Waals surface area contributed by atoms with Crippen molar-refractivity contribution in [1.82, 2.24) is 10.2 Å². The summed E-state index contributed by atoms with van der Waals surface area (Å²) in [6, 6.07) is 11.0. The molecule has 0 saturated carbocycles. The molecule has 2 aromatic rings. The number of amides is 3. The molecule has 40 heavy (non-hydrogen) atoms. The van der Waals surface area contributed by atoms with Crippen LogP contribution in [0, 0.1) is 13.8 Å². The smallest absolute Gasteiger partial charge is 0.408 e. The van der Waals surface area contributed by atoms with Crippen LogP contribution in [0.4, 0.5) is 10.5 Å². The van der Waals surface area contributed by atoms with Crippen LogP contribution in [0.15, 0.2) is 42.5 Å². The number of anilines is 1. The monoisotopic (exact) mass is 571 g/mol. The molecule has 2 atom stereocenters. The Balaban J connectivity index is 2.63. The molecule has 2 N–H and O–H groups in total. The molecule has 0 spiro atoms. The van der Waals surface area contributed by atoms with Crippen LogP contribution in [-0.4, -0.2) is 59.1 Å². The highest BCUT2D eigenvalue weighted by atomic mass is 32.2. The Morgan fingerprint density at radius 3 is 2.00 bits per heavy atom. The van der Waals surface area contributed by atoms with Crippen LogP contribution < -0.4 is 15.4 Å². The molecule has 0 heterocycles. The van der Waals surface area contributed by atoms with Crippen LogP contribution in [0.5, 0.6) is 5.75 Å². The van der Waals surface area contributed by atoms with Gasteiger partial charge in [0.15, 0.2) is 0 Å². The van der Waals surface area contributed by atoms with E-state index in [1.165, 1.54) is 0 Å². The van der Waals surface area contributed by atoms with Gasteiger partial charge >= 0.3 is 6.09 Å². The number of rotatable bonds is 10. The highest BCUT2D eigenvalue weighted by Gasteiger charge is 2.42. The molecule has 9 heteroatoms. The highest BCUT2D eigenvalue weighted by molar-refractivity contribution is 7.98. The number of nitrogens with zero attached hydrogens (tertiary/aromatic N) is 1. The van der Waals surface area contributed by atoms with Crippen LogP contribution in [-0.2, 0) is 14.3 Å². The van der Waals surface area contributed by atoms with Gasteiger partial charge in [-0.1, -0.05) is 18.2 Å². The van der Waals surface area contributed by atoms with E-state index in [0.29, 0.717) is 23.6 Å². The molecule has 2 rings (SSSR count). The number of carbonyl (C=O) groups excluding carboxylic acids is 3. The molecule has 3 amide bonds. The van der Waals surface area contributed by atoms with Crippen molar-refractivity contribution >= 4 is 35.4 Å². The molecule has 0 aromatic heterocycles. The minimum atomic E-state index is -0.965. The SMILES string of the molecule is COc1ccc(NC(=O)C(c2c(C)cccc2C)N(C(=O)C(CCSC)NC(=O)OC(C)(C)C)C(C)(C)C)cc1. The fourth-order valence-electron chi connectivity index (χ4n) is 4.48. The standard InChI is InChI=1S/C31H45N3O5S/c1-20-12-11-13-21(2)25(20)26(27(35)32-22-14-16-23(38-9)17-15-22)34(30(3,4)5)28(36)24(18-19-40-10)33-29(37)39-31(6,7)8/h11-17,24,26H,18-19H2,1-10H3,(H,32,35)(H,33,37). The quantitative estimate of drug-likeness (QED) is 0.349. The van der Waals surface area contributed by atoms with Crippen molar-refractivity contribution in [2.45, 2.75) is 85.0 Å². The zero-order valence-electron chi connectivity index (χ0n) is 25.5. The molecule has 0 bridgehead atoms. The van der Waals surface area contributed by atoms with E-state index < -0.39 is 29.3 Å². The lowest BCUT2D eigenvalue weighted by atomic mass is 9.90. The maximum Gasteiger partial charge on any atom is 0.408 e. The average molecular weight is 572 g/mol. The molecule has 0 saturated heterocycles. The summed E-state index contributed by atoms with van der Waals surface area (Å²) < 4.78 is 10.7. The van der Waals surface area contributed by atoms with Crippen molar-refractivity contribution in [1.29, 1.82) is 0 Å². The van der Waals surface area contributed by atoms with E-state index in [4.69, 9.17) is 9.47 Å². The van der Waals surface area contributed by atoms with E-state index in [-0.39, 0.29) is 11.8 Å². The summed E-state index contributed by atoms with van der Waals surface area (Å²) in [6.07, 6.45) is 1.65. The number of ether oxygens (including phenoxy) is 2. The van der Waals surface area contributed by atoms with Crippen LogP contribution in [0.2, 0.25) is 0 Å². The van der Waals surface area contributed by atoms with Gasteiger partial charge in [0.25, 0.3) is 5.91 Å². The van der Waals surface area contributed by atoms with Gasteiger partial charge in [0.1, 0.15) is 23.4 Å². The molecule has 0 aliphatic heterocycles. The third-order valence-electron chi connectivity index (χ3n) is 6.24. The van der Waals surface area contributed by atoms with E-state index in [1.807, 2.05) is 59.1 Å². The predicted molar refractivity (Wildman–Crippen MR) is 163 cm³/mol. The summed E-state index contributed by atoms with van der Waals surface area (Å²) in [7, 11) is 1.58. The minimum Gasteiger partial charge on any atom is -0.497 e. The first kappa shape index (κ1) is 33.0. The lowest BCUT2D eigenvalue weighted by molar-refractivity contribution is -0.146. The topological polar surface area (TPSA) is 97.0 Å². The summed E-state index contributed by atoms with van der Waals surface area (Å²) in [5, 5.41) is 5.79. The Hall–Kier alpha value is -3.20. The lowest BCUT2D eigenvalue weighted by Gasteiger charge is -2.43. The first-order valence-electron chi connectivity index (χ1n) is 13.4. The number of hydrogen-bond acceptors (Lipinski definition) is 6. The minimum absolute atomic E-state index is 0.355. The summed E-state index contributed by atoms with van der Waals surface area (Å²) in [5.41, 5.74) is 1.60. The molecule has 0 aliphatic rings. The molecule has 2 unspecified atom stereocenters. The van der Waals surface area contributed by atoms with Gasteiger partial charge in [0, 0.05) is 11.2 Å². The Labute approximate surface area is 243 Å². The first-order valence-corrected chi connectivity index (χ1v) is 14.8. The van der Waals surface area contributed by atoms with E-state index in [2.05, 4.69) is 10.6 Å². The van der Waals surface area contributed by atoms with E-state index in [1.54, 1.807) is 68.8 Å². The number of methoxy groups -OCH3 is 1. The van der Waals surface area contributed by atoms with Crippen molar-refractivity contribution < 1.29 is 23.9 Å². The van der Waals surface area contributed by atoms with Gasteiger partial charge < -0.3 is 25.0 Å². The maximum atomic E-state index is 14.4. The molecule has 0 radical (unpaired) electrons. The third kappa shape index (κ3) is 9.18. The fourth-order valence-corrected chi connectivity index (χ4v) is 4.95.